The second-order valence-electron chi connectivity index (χ2n) is 4.71. The van der Waals surface area contributed by atoms with Crippen LogP contribution in [0.1, 0.15) is 30.4 Å². The molecule has 0 bridgehead atoms. The summed E-state index contributed by atoms with van der Waals surface area (Å²) in [5.74, 6) is 0.260. The number of oxime groups is 1. The number of hydrogen-bond acceptors (Lipinski definition) is 3. The largest absolute Gasteiger partial charge is 0.409 e. The van der Waals surface area contributed by atoms with E-state index in [0.717, 1.165) is 12.0 Å². The Morgan fingerprint density at radius 3 is 2.89 bits per heavy atom. The highest BCUT2D eigenvalue weighted by Crippen LogP contribution is 2.36. The lowest BCUT2D eigenvalue weighted by molar-refractivity contribution is -0.133. The Bertz CT molecular complexity index is 499. The molecule has 2 rings (SSSR count). The Balaban J connectivity index is 1.99. The number of nitrogens with zero attached hydrogens (tertiary/aromatic N) is 2. The third-order valence-electron chi connectivity index (χ3n) is 3.61. The molecule has 5 nitrogen and oxygen atoms in total. The molecule has 1 atom stereocenters. The van der Waals surface area contributed by atoms with Crippen LogP contribution in [0.2, 0.25) is 0 Å². The first-order chi connectivity index (χ1) is 9.17. The van der Waals surface area contributed by atoms with E-state index in [1.54, 1.807) is 4.90 Å². The van der Waals surface area contributed by atoms with Gasteiger partial charge in [-0.05, 0) is 24.5 Å². The molecule has 5 heteroatoms. The zero-order chi connectivity index (χ0) is 13.8. The van der Waals surface area contributed by atoms with Crippen LogP contribution in [-0.2, 0) is 11.2 Å². The molecule has 1 unspecified atom stereocenters. The van der Waals surface area contributed by atoms with Gasteiger partial charge < -0.3 is 15.8 Å². The van der Waals surface area contributed by atoms with Gasteiger partial charge in [-0.3, -0.25) is 4.79 Å². The summed E-state index contributed by atoms with van der Waals surface area (Å²) in [6.45, 7) is 3.06. The van der Waals surface area contributed by atoms with E-state index in [1.807, 2.05) is 25.1 Å². The molecule has 3 N–H and O–H groups in total. The Labute approximate surface area is 112 Å². The summed E-state index contributed by atoms with van der Waals surface area (Å²) in [4.78, 5) is 14.2. The number of rotatable bonds is 5. The summed E-state index contributed by atoms with van der Waals surface area (Å²) >= 11 is 0. The van der Waals surface area contributed by atoms with Gasteiger partial charge in [-0.1, -0.05) is 29.4 Å². The van der Waals surface area contributed by atoms with Crippen LogP contribution in [-0.4, -0.2) is 34.9 Å². The van der Waals surface area contributed by atoms with Crippen LogP contribution in [0.3, 0.4) is 0 Å². The molecule has 1 aliphatic rings. The number of benzene rings is 1. The number of amidine groups is 1. The molecule has 1 aromatic rings. The van der Waals surface area contributed by atoms with Crippen LogP contribution >= 0.6 is 0 Å². The molecule has 0 aliphatic heterocycles. The van der Waals surface area contributed by atoms with E-state index in [2.05, 4.69) is 11.2 Å². The third-order valence-corrected chi connectivity index (χ3v) is 3.61. The fourth-order valence-corrected chi connectivity index (χ4v) is 2.42. The van der Waals surface area contributed by atoms with Crippen LogP contribution < -0.4 is 5.73 Å². The highest BCUT2D eigenvalue weighted by atomic mass is 16.4. The van der Waals surface area contributed by atoms with Crippen LogP contribution in [0.5, 0.6) is 0 Å². The number of carbonyl (C=O) groups is 1. The summed E-state index contributed by atoms with van der Waals surface area (Å²) in [5, 5.41) is 11.4. The van der Waals surface area contributed by atoms with Gasteiger partial charge in [0.25, 0.3) is 0 Å². The van der Waals surface area contributed by atoms with Gasteiger partial charge >= 0.3 is 0 Å². The first-order valence-corrected chi connectivity index (χ1v) is 6.50. The van der Waals surface area contributed by atoms with Crippen molar-refractivity contribution in [1.29, 1.82) is 0 Å². The van der Waals surface area contributed by atoms with Crippen molar-refractivity contribution in [1.82, 2.24) is 4.90 Å². The number of nitrogens with two attached hydrogens (primary N) is 1. The van der Waals surface area contributed by atoms with Crippen molar-refractivity contribution >= 4 is 11.7 Å². The molecule has 0 heterocycles. The summed E-state index contributed by atoms with van der Waals surface area (Å²) in [7, 11) is 0. The van der Waals surface area contributed by atoms with Gasteiger partial charge in [0.2, 0.25) is 5.91 Å². The second kappa shape index (κ2) is 5.73. The minimum atomic E-state index is -0.0246. The summed E-state index contributed by atoms with van der Waals surface area (Å²) in [5.41, 5.74) is 7.83. The first-order valence-electron chi connectivity index (χ1n) is 6.50. The molecule has 1 aromatic carbocycles. The highest BCUT2D eigenvalue weighted by molar-refractivity contribution is 5.87. The predicted molar refractivity (Wildman–Crippen MR) is 73.2 cm³/mol. The normalized spacial score (nSPS) is 17.5. The van der Waals surface area contributed by atoms with E-state index in [0.29, 0.717) is 19.5 Å². The lowest BCUT2D eigenvalue weighted by Gasteiger charge is -2.33. The second-order valence-corrected chi connectivity index (χ2v) is 4.71. The SMILES string of the molecule is CCN(CCC(N)=NO)C(=O)C1Cc2ccccc21. The van der Waals surface area contributed by atoms with Crippen molar-refractivity contribution in [2.45, 2.75) is 25.7 Å². The predicted octanol–water partition coefficient (Wildman–Crippen LogP) is 1.31. The Morgan fingerprint density at radius 2 is 2.26 bits per heavy atom. The molecule has 1 amide bonds. The van der Waals surface area contributed by atoms with Crippen LogP contribution in [0.4, 0.5) is 0 Å². The van der Waals surface area contributed by atoms with Crippen LogP contribution in [0, 0.1) is 0 Å². The zero-order valence-corrected chi connectivity index (χ0v) is 11.0. The maximum absolute atomic E-state index is 12.4. The Kier molecular flexibility index (Phi) is 4.04. The Hall–Kier alpha value is -2.04. The van der Waals surface area contributed by atoms with Crippen molar-refractivity contribution in [3.05, 3.63) is 35.4 Å². The van der Waals surface area contributed by atoms with Gasteiger partial charge in [0.1, 0.15) is 5.84 Å². The molecule has 0 fully saturated rings. The van der Waals surface area contributed by atoms with E-state index in [9.17, 15) is 4.79 Å². The summed E-state index contributed by atoms with van der Waals surface area (Å²) in [6, 6.07) is 8.03. The molecule has 0 radical (unpaired) electrons. The monoisotopic (exact) mass is 261 g/mol. The minimum absolute atomic E-state index is 0.0246. The van der Waals surface area contributed by atoms with E-state index >= 15 is 0 Å². The van der Waals surface area contributed by atoms with E-state index in [4.69, 9.17) is 10.9 Å². The fourth-order valence-electron chi connectivity index (χ4n) is 2.42. The molecule has 0 spiro atoms. The van der Waals surface area contributed by atoms with E-state index < -0.39 is 0 Å². The highest BCUT2D eigenvalue weighted by Gasteiger charge is 2.34. The standard InChI is InChI=1S/C14H19N3O2/c1-2-17(8-7-13(15)16-19)14(18)12-9-10-5-3-4-6-11(10)12/h3-6,12,19H,2,7-9H2,1H3,(H2,15,16). The van der Waals surface area contributed by atoms with Gasteiger partial charge in [0.05, 0.1) is 5.92 Å². The number of likely N-dealkylation sites (N-methyl/N-ethyl adjacent to an activating group) is 1. The molecular formula is C14H19N3O2. The topological polar surface area (TPSA) is 78.9 Å². The van der Waals surface area contributed by atoms with Crippen molar-refractivity contribution in [2.75, 3.05) is 13.1 Å². The lowest BCUT2D eigenvalue weighted by atomic mass is 9.77. The average molecular weight is 261 g/mol. The van der Waals surface area contributed by atoms with Crippen LogP contribution in [0.25, 0.3) is 0 Å². The maximum Gasteiger partial charge on any atom is 0.230 e. The number of hydrogen-bond donors (Lipinski definition) is 2. The maximum atomic E-state index is 12.4. The van der Waals surface area contributed by atoms with Gasteiger partial charge in [-0.2, -0.15) is 0 Å². The molecule has 0 saturated carbocycles. The number of fused-ring (bicyclic) bond motifs is 1. The van der Waals surface area contributed by atoms with Crippen molar-refractivity contribution in [3.8, 4) is 0 Å². The zero-order valence-electron chi connectivity index (χ0n) is 11.0. The molecule has 19 heavy (non-hydrogen) atoms. The first kappa shape index (κ1) is 13.4. The van der Waals surface area contributed by atoms with Gasteiger partial charge in [0, 0.05) is 19.5 Å². The van der Waals surface area contributed by atoms with Gasteiger partial charge in [-0.25, -0.2) is 0 Å². The smallest absolute Gasteiger partial charge is 0.230 e. The minimum Gasteiger partial charge on any atom is -0.409 e. The average Bonchev–Trinajstić information content (AvgIpc) is 2.40. The molecule has 102 valence electrons. The van der Waals surface area contributed by atoms with Gasteiger partial charge in [-0.15, -0.1) is 0 Å². The van der Waals surface area contributed by atoms with Crippen molar-refractivity contribution in [2.24, 2.45) is 10.9 Å². The third kappa shape index (κ3) is 2.70. The lowest BCUT2D eigenvalue weighted by Crippen LogP contribution is -2.40. The summed E-state index contributed by atoms with van der Waals surface area (Å²) in [6.07, 6.45) is 1.21. The van der Waals surface area contributed by atoms with E-state index in [-0.39, 0.29) is 17.7 Å². The van der Waals surface area contributed by atoms with Crippen LogP contribution in [0.15, 0.2) is 29.4 Å². The molecule has 0 aromatic heterocycles. The summed E-state index contributed by atoms with van der Waals surface area (Å²) < 4.78 is 0. The van der Waals surface area contributed by atoms with Crippen molar-refractivity contribution < 1.29 is 10.0 Å². The Morgan fingerprint density at radius 1 is 1.53 bits per heavy atom. The van der Waals surface area contributed by atoms with Crippen molar-refractivity contribution in [3.63, 3.8) is 0 Å². The molecular weight excluding hydrogens is 242 g/mol. The van der Waals surface area contributed by atoms with E-state index in [1.165, 1.54) is 5.56 Å². The molecule has 0 saturated heterocycles. The number of carbonyl (C=O) groups excluding carboxylic acids is 1. The number of amides is 1. The van der Waals surface area contributed by atoms with Gasteiger partial charge in [0.15, 0.2) is 0 Å². The quantitative estimate of drug-likeness (QED) is 0.363. The molecule has 1 aliphatic carbocycles. The fraction of sp³-hybridized carbons (Fsp3) is 0.429.